The van der Waals surface area contributed by atoms with Crippen molar-refractivity contribution in [3.8, 4) is 0 Å². The average molecular weight is 222 g/mol. The number of benzene rings is 1. The second kappa shape index (κ2) is 4.52. The van der Waals surface area contributed by atoms with Gasteiger partial charge in [-0.3, -0.25) is 4.90 Å². The summed E-state index contributed by atoms with van der Waals surface area (Å²) in [6, 6.07) is 7.04. The molecule has 88 valence electrons. The van der Waals surface area contributed by atoms with Gasteiger partial charge in [-0.2, -0.15) is 0 Å². The summed E-state index contributed by atoms with van der Waals surface area (Å²) in [4.78, 5) is 2.34. The van der Waals surface area contributed by atoms with Gasteiger partial charge in [0.05, 0.1) is 0 Å². The summed E-state index contributed by atoms with van der Waals surface area (Å²) in [5, 5.41) is 3.37. The van der Waals surface area contributed by atoms with Crippen molar-refractivity contribution in [3.63, 3.8) is 0 Å². The van der Waals surface area contributed by atoms with Crippen LogP contribution in [0.5, 0.6) is 0 Å². The van der Waals surface area contributed by atoms with E-state index >= 15 is 0 Å². The van der Waals surface area contributed by atoms with E-state index in [1.54, 1.807) is 6.07 Å². The largest absolute Gasteiger partial charge is 0.314 e. The van der Waals surface area contributed by atoms with Gasteiger partial charge in [0.2, 0.25) is 0 Å². The Hall–Kier alpha value is -0.930. The summed E-state index contributed by atoms with van der Waals surface area (Å²) in [6.07, 6.45) is 0. The zero-order valence-electron chi connectivity index (χ0n) is 9.96. The lowest BCUT2D eigenvalue weighted by molar-refractivity contribution is 0.0816. The SMILES string of the molecule is CC1(C)CNCCN1Cc1ccccc1F. The lowest BCUT2D eigenvalue weighted by Crippen LogP contribution is -2.57. The lowest BCUT2D eigenvalue weighted by Gasteiger charge is -2.42. The predicted octanol–water partition coefficient (Wildman–Crippen LogP) is 2.01. The average Bonchev–Trinajstić information content (AvgIpc) is 2.24. The van der Waals surface area contributed by atoms with Gasteiger partial charge < -0.3 is 5.32 Å². The number of hydrogen-bond donors (Lipinski definition) is 1. The fraction of sp³-hybridized carbons (Fsp3) is 0.538. The molecule has 1 fully saturated rings. The van der Waals surface area contributed by atoms with Crippen LogP contribution >= 0.6 is 0 Å². The van der Waals surface area contributed by atoms with Crippen molar-refractivity contribution in [2.75, 3.05) is 19.6 Å². The van der Waals surface area contributed by atoms with Crippen LogP contribution in [-0.2, 0) is 6.54 Å². The van der Waals surface area contributed by atoms with Crippen molar-refractivity contribution in [1.82, 2.24) is 10.2 Å². The molecule has 0 radical (unpaired) electrons. The molecule has 0 bridgehead atoms. The van der Waals surface area contributed by atoms with Crippen molar-refractivity contribution in [2.24, 2.45) is 0 Å². The van der Waals surface area contributed by atoms with E-state index in [2.05, 4.69) is 24.1 Å². The summed E-state index contributed by atoms with van der Waals surface area (Å²) < 4.78 is 13.6. The minimum Gasteiger partial charge on any atom is -0.314 e. The smallest absolute Gasteiger partial charge is 0.127 e. The van der Waals surface area contributed by atoms with Gasteiger partial charge >= 0.3 is 0 Å². The van der Waals surface area contributed by atoms with Crippen LogP contribution < -0.4 is 5.32 Å². The van der Waals surface area contributed by atoms with Gasteiger partial charge in [-0.15, -0.1) is 0 Å². The normalized spacial score (nSPS) is 20.9. The first kappa shape index (κ1) is 11.6. The fourth-order valence-electron chi connectivity index (χ4n) is 2.15. The maximum absolute atomic E-state index is 13.6. The third-order valence-corrected chi connectivity index (χ3v) is 3.29. The Labute approximate surface area is 96.5 Å². The van der Waals surface area contributed by atoms with Crippen LogP contribution in [0.1, 0.15) is 19.4 Å². The minimum absolute atomic E-state index is 0.0977. The van der Waals surface area contributed by atoms with Crippen molar-refractivity contribution in [3.05, 3.63) is 35.6 Å². The monoisotopic (exact) mass is 222 g/mol. The summed E-state index contributed by atoms with van der Waals surface area (Å²) in [7, 11) is 0. The Balaban J connectivity index is 2.12. The van der Waals surface area contributed by atoms with Gasteiger partial charge in [-0.25, -0.2) is 4.39 Å². The molecule has 0 aromatic heterocycles. The van der Waals surface area contributed by atoms with Crippen molar-refractivity contribution < 1.29 is 4.39 Å². The standard InChI is InChI=1S/C13H19FN2/c1-13(2)10-15-7-8-16(13)9-11-5-3-4-6-12(11)14/h3-6,15H,7-10H2,1-2H3. The summed E-state index contributed by atoms with van der Waals surface area (Å²) in [5.74, 6) is -0.100. The van der Waals surface area contributed by atoms with Crippen LogP contribution in [0.25, 0.3) is 0 Å². The number of hydrogen-bond acceptors (Lipinski definition) is 2. The van der Waals surface area contributed by atoms with Crippen molar-refractivity contribution in [2.45, 2.75) is 25.9 Å². The molecule has 2 nitrogen and oxygen atoms in total. The molecule has 1 N–H and O–H groups in total. The Morgan fingerprint density at radius 2 is 2.12 bits per heavy atom. The molecule has 0 atom stereocenters. The zero-order chi connectivity index (χ0) is 11.6. The first-order chi connectivity index (χ1) is 7.59. The zero-order valence-corrected chi connectivity index (χ0v) is 9.96. The minimum atomic E-state index is -0.100. The van der Waals surface area contributed by atoms with Crippen LogP contribution in [0.4, 0.5) is 4.39 Å². The number of halogens is 1. The molecule has 1 aromatic carbocycles. The number of nitrogens with one attached hydrogen (secondary N) is 1. The molecule has 16 heavy (non-hydrogen) atoms. The van der Waals surface area contributed by atoms with Gasteiger partial charge in [-0.1, -0.05) is 18.2 Å². The molecule has 0 unspecified atom stereocenters. The number of nitrogens with zero attached hydrogens (tertiary/aromatic N) is 1. The van der Waals surface area contributed by atoms with E-state index in [-0.39, 0.29) is 11.4 Å². The quantitative estimate of drug-likeness (QED) is 0.823. The maximum atomic E-state index is 13.6. The van der Waals surface area contributed by atoms with Crippen molar-refractivity contribution >= 4 is 0 Å². The molecule has 1 saturated heterocycles. The molecule has 3 heteroatoms. The second-order valence-corrected chi connectivity index (χ2v) is 5.00. The molecular weight excluding hydrogens is 203 g/mol. The highest BCUT2D eigenvalue weighted by molar-refractivity contribution is 5.17. The van der Waals surface area contributed by atoms with E-state index in [9.17, 15) is 4.39 Å². The molecule has 0 saturated carbocycles. The molecule has 0 aliphatic carbocycles. The second-order valence-electron chi connectivity index (χ2n) is 5.00. The van der Waals surface area contributed by atoms with Crippen molar-refractivity contribution in [1.29, 1.82) is 0 Å². The Morgan fingerprint density at radius 1 is 1.38 bits per heavy atom. The van der Waals surface area contributed by atoms with Gasteiger partial charge in [0.15, 0.2) is 0 Å². The Bertz CT molecular complexity index is 363. The van der Waals surface area contributed by atoms with Gasteiger partial charge in [0.1, 0.15) is 5.82 Å². The van der Waals surface area contributed by atoms with Crippen LogP contribution in [0.15, 0.2) is 24.3 Å². The first-order valence-electron chi connectivity index (χ1n) is 5.79. The van der Waals surface area contributed by atoms with E-state index in [1.165, 1.54) is 6.07 Å². The molecule has 0 amide bonds. The predicted molar refractivity (Wildman–Crippen MR) is 63.8 cm³/mol. The molecular formula is C13H19FN2. The molecule has 1 aromatic rings. The molecule has 1 aliphatic rings. The van der Waals surface area contributed by atoms with E-state index in [0.717, 1.165) is 25.2 Å². The Kier molecular flexibility index (Phi) is 3.26. The third kappa shape index (κ3) is 2.42. The number of piperazine rings is 1. The lowest BCUT2D eigenvalue weighted by atomic mass is 9.99. The van der Waals surface area contributed by atoms with Crippen LogP contribution in [0.2, 0.25) is 0 Å². The first-order valence-corrected chi connectivity index (χ1v) is 5.79. The Morgan fingerprint density at radius 3 is 2.81 bits per heavy atom. The van der Waals surface area contributed by atoms with Crippen LogP contribution in [-0.4, -0.2) is 30.1 Å². The summed E-state index contributed by atoms with van der Waals surface area (Å²) in [5.41, 5.74) is 0.887. The van der Waals surface area contributed by atoms with Gasteiger partial charge in [0, 0.05) is 37.3 Å². The number of rotatable bonds is 2. The molecule has 0 spiro atoms. The molecule has 2 rings (SSSR count). The molecule has 1 aliphatic heterocycles. The summed E-state index contributed by atoms with van der Waals surface area (Å²) in [6.45, 7) is 8.00. The van der Waals surface area contributed by atoms with E-state index in [0.29, 0.717) is 6.54 Å². The van der Waals surface area contributed by atoms with E-state index in [4.69, 9.17) is 0 Å². The highest BCUT2D eigenvalue weighted by atomic mass is 19.1. The van der Waals surface area contributed by atoms with Crippen LogP contribution in [0, 0.1) is 5.82 Å². The maximum Gasteiger partial charge on any atom is 0.127 e. The van der Waals surface area contributed by atoms with Gasteiger partial charge in [0.25, 0.3) is 0 Å². The van der Waals surface area contributed by atoms with Gasteiger partial charge in [-0.05, 0) is 19.9 Å². The van der Waals surface area contributed by atoms with E-state index < -0.39 is 0 Å². The topological polar surface area (TPSA) is 15.3 Å². The third-order valence-electron chi connectivity index (χ3n) is 3.29. The van der Waals surface area contributed by atoms with Crippen LogP contribution in [0.3, 0.4) is 0 Å². The summed E-state index contributed by atoms with van der Waals surface area (Å²) >= 11 is 0. The fourth-order valence-corrected chi connectivity index (χ4v) is 2.15. The highest BCUT2D eigenvalue weighted by Gasteiger charge is 2.29. The van der Waals surface area contributed by atoms with E-state index in [1.807, 2.05) is 12.1 Å². The highest BCUT2D eigenvalue weighted by Crippen LogP contribution is 2.20. The molecule has 1 heterocycles.